The molecule has 1 fully saturated rings. The minimum atomic E-state index is -4.62. The first-order valence-corrected chi connectivity index (χ1v) is 8.78. The molecule has 1 aliphatic carbocycles. The molecule has 22 heavy (non-hydrogen) atoms. The lowest BCUT2D eigenvalue weighted by Gasteiger charge is -2.26. The molecule has 1 aromatic rings. The van der Waals surface area contributed by atoms with Crippen LogP contribution in [0.25, 0.3) is 0 Å². The third-order valence-electron chi connectivity index (χ3n) is 4.03. The highest BCUT2D eigenvalue weighted by atomic mass is 32.2. The Kier molecular flexibility index (Phi) is 5.16. The van der Waals surface area contributed by atoms with Gasteiger partial charge in [-0.25, -0.2) is 8.42 Å². The summed E-state index contributed by atoms with van der Waals surface area (Å²) in [7, 11) is -4.62. The molecule has 0 aromatic heterocycles. The van der Waals surface area contributed by atoms with Gasteiger partial charge in [-0.05, 0) is 55.9 Å². The van der Waals surface area contributed by atoms with Crippen LogP contribution in [0.4, 0.5) is 8.78 Å². The van der Waals surface area contributed by atoms with E-state index >= 15 is 0 Å². The SMILES string of the molecule is CC1CCC(NC(=O)c2ccc(S(=O)(=O)C(F)F)cc2)CC1. The van der Waals surface area contributed by atoms with E-state index in [4.69, 9.17) is 0 Å². The zero-order chi connectivity index (χ0) is 16.3. The summed E-state index contributed by atoms with van der Waals surface area (Å²) in [5.74, 6) is -3.09. The van der Waals surface area contributed by atoms with Crippen molar-refractivity contribution in [3.63, 3.8) is 0 Å². The molecule has 7 heteroatoms. The van der Waals surface area contributed by atoms with E-state index < -0.39 is 20.5 Å². The first kappa shape index (κ1) is 16.9. The molecule has 0 unspecified atom stereocenters. The molecule has 0 aliphatic heterocycles. The Bertz CT molecular complexity index is 621. The minimum Gasteiger partial charge on any atom is -0.349 e. The third-order valence-corrected chi connectivity index (χ3v) is 5.43. The van der Waals surface area contributed by atoms with Crippen LogP contribution in [0.5, 0.6) is 0 Å². The zero-order valence-corrected chi connectivity index (χ0v) is 13.1. The fourth-order valence-electron chi connectivity index (χ4n) is 2.57. The van der Waals surface area contributed by atoms with Crippen molar-refractivity contribution in [3.8, 4) is 0 Å². The van der Waals surface area contributed by atoms with Gasteiger partial charge in [0.2, 0.25) is 9.84 Å². The molecular formula is C15H19F2NO3S. The number of rotatable bonds is 4. The second-order valence-electron chi connectivity index (χ2n) is 5.76. The van der Waals surface area contributed by atoms with E-state index in [1.807, 2.05) is 0 Å². The molecule has 0 radical (unpaired) electrons. The number of amides is 1. The molecule has 122 valence electrons. The minimum absolute atomic E-state index is 0.119. The van der Waals surface area contributed by atoms with E-state index in [1.54, 1.807) is 0 Å². The van der Waals surface area contributed by atoms with Gasteiger partial charge >= 0.3 is 5.76 Å². The van der Waals surface area contributed by atoms with Crippen LogP contribution in [0.1, 0.15) is 43.0 Å². The number of hydrogen-bond donors (Lipinski definition) is 1. The summed E-state index contributed by atoms with van der Waals surface area (Å²) in [5.41, 5.74) is 0.270. The molecule has 2 rings (SSSR count). The molecule has 0 saturated heterocycles. The Balaban J connectivity index is 2.03. The average Bonchev–Trinajstić information content (AvgIpc) is 2.49. The molecule has 0 atom stereocenters. The van der Waals surface area contributed by atoms with Gasteiger partial charge in [-0.2, -0.15) is 8.78 Å². The lowest BCUT2D eigenvalue weighted by Crippen LogP contribution is -2.37. The molecule has 0 heterocycles. The molecule has 1 aromatic carbocycles. The van der Waals surface area contributed by atoms with E-state index in [0.717, 1.165) is 37.8 Å². The molecule has 1 N–H and O–H groups in total. The smallest absolute Gasteiger partial charge is 0.341 e. The Morgan fingerprint density at radius 1 is 1.14 bits per heavy atom. The maximum Gasteiger partial charge on any atom is 0.341 e. The Hall–Kier alpha value is -1.50. The van der Waals surface area contributed by atoms with Crippen molar-refractivity contribution in [2.24, 2.45) is 5.92 Å². The van der Waals surface area contributed by atoms with E-state index in [2.05, 4.69) is 12.2 Å². The fraction of sp³-hybridized carbons (Fsp3) is 0.533. The maximum absolute atomic E-state index is 12.4. The number of nitrogens with one attached hydrogen (secondary N) is 1. The van der Waals surface area contributed by atoms with Gasteiger partial charge in [-0.3, -0.25) is 4.79 Å². The second-order valence-corrected chi connectivity index (χ2v) is 7.68. The molecule has 0 spiro atoms. The summed E-state index contributed by atoms with van der Waals surface area (Å²) in [6, 6.07) is 4.72. The number of benzene rings is 1. The highest BCUT2D eigenvalue weighted by Crippen LogP contribution is 2.24. The molecule has 4 nitrogen and oxygen atoms in total. The highest BCUT2D eigenvalue weighted by molar-refractivity contribution is 7.91. The monoisotopic (exact) mass is 331 g/mol. The van der Waals surface area contributed by atoms with Crippen molar-refractivity contribution in [2.75, 3.05) is 0 Å². The van der Waals surface area contributed by atoms with Crippen LogP contribution in [-0.2, 0) is 9.84 Å². The summed E-state index contributed by atoms with van der Waals surface area (Å²) in [4.78, 5) is 11.6. The molecule has 0 bridgehead atoms. The second kappa shape index (κ2) is 6.73. The van der Waals surface area contributed by atoms with Gasteiger partial charge in [-0.15, -0.1) is 0 Å². The van der Waals surface area contributed by atoms with E-state index in [9.17, 15) is 22.0 Å². The number of hydrogen-bond acceptors (Lipinski definition) is 3. The maximum atomic E-state index is 12.4. The summed E-state index contributed by atoms with van der Waals surface area (Å²) in [5, 5.41) is 2.90. The first-order chi connectivity index (χ1) is 10.3. The van der Waals surface area contributed by atoms with Crippen molar-refractivity contribution >= 4 is 15.7 Å². The van der Waals surface area contributed by atoms with Crippen LogP contribution in [0.15, 0.2) is 29.2 Å². The summed E-state index contributed by atoms with van der Waals surface area (Å²) < 4.78 is 47.5. The van der Waals surface area contributed by atoms with E-state index in [-0.39, 0.29) is 17.5 Å². The third kappa shape index (κ3) is 3.82. The predicted molar refractivity (Wildman–Crippen MR) is 78.5 cm³/mol. The summed E-state index contributed by atoms with van der Waals surface area (Å²) in [6.07, 6.45) is 3.97. The Labute approximate surface area is 128 Å². The van der Waals surface area contributed by atoms with E-state index in [0.29, 0.717) is 5.92 Å². The Morgan fingerprint density at radius 3 is 2.18 bits per heavy atom. The number of carbonyl (C=O) groups is 1. The molecule has 1 aliphatic rings. The number of sulfone groups is 1. The van der Waals surface area contributed by atoms with Crippen LogP contribution in [0.2, 0.25) is 0 Å². The van der Waals surface area contributed by atoms with Crippen molar-refractivity contribution < 1.29 is 22.0 Å². The van der Waals surface area contributed by atoms with Crippen molar-refractivity contribution in [3.05, 3.63) is 29.8 Å². The van der Waals surface area contributed by atoms with Crippen molar-refractivity contribution in [1.29, 1.82) is 0 Å². The van der Waals surface area contributed by atoms with Gasteiger partial charge in [0.25, 0.3) is 5.91 Å². The first-order valence-electron chi connectivity index (χ1n) is 7.23. The van der Waals surface area contributed by atoms with E-state index in [1.165, 1.54) is 12.1 Å². The highest BCUT2D eigenvalue weighted by Gasteiger charge is 2.26. The standard InChI is InChI=1S/C15H19F2NO3S/c1-10-2-6-12(7-3-10)18-14(19)11-4-8-13(9-5-11)22(20,21)15(16)17/h4-5,8-10,12,15H,2-3,6-7H2,1H3,(H,18,19). The lowest BCUT2D eigenvalue weighted by molar-refractivity contribution is 0.0923. The number of halogens is 2. The van der Waals surface area contributed by atoms with Crippen molar-refractivity contribution in [1.82, 2.24) is 5.32 Å². The fourth-order valence-corrected chi connectivity index (χ4v) is 3.29. The van der Waals surface area contributed by atoms with Crippen LogP contribution in [0.3, 0.4) is 0 Å². The van der Waals surface area contributed by atoms with Gasteiger partial charge < -0.3 is 5.32 Å². The number of alkyl halides is 2. The van der Waals surface area contributed by atoms with Crippen LogP contribution in [-0.4, -0.2) is 26.1 Å². The van der Waals surface area contributed by atoms with Crippen LogP contribution < -0.4 is 5.32 Å². The molecule has 1 amide bonds. The molecule has 1 saturated carbocycles. The van der Waals surface area contributed by atoms with Crippen LogP contribution >= 0.6 is 0 Å². The normalized spacial score (nSPS) is 22.5. The topological polar surface area (TPSA) is 63.2 Å². The average molecular weight is 331 g/mol. The number of carbonyl (C=O) groups excluding carboxylic acids is 1. The molecular weight excluding hydrogens is 312 g/mol. The Morgan fingerprint density at radius 2 is 1.68 bits per heavy atom. The zero-order valence-electron chi connectivity index (χ0n) is 12.3. The van der Waals surface area contributed by atoms with Gasteiger partial charge in [0.05, 0.1) is 4.90 Å². The summed E-state index contributed by atoms with van der Waals surface area (Å²) in [6.45, 7) is 2.18. The van der Waals surface area contributed by atoms with Gasteiger partial charge in [0.15, 0.2) is 0 Å². The van der Waals surface area contributed by atoms with Gasteiger partial charge in [0.1, 0.15) is 0 Å². The van der Waals surface area contributed by atoms with Crippen LogP contribution in [0, 0.1) is 5.92 Å². The van der Waals surface area contributed by atoms with Gasteiger partial charge in [-0.1, -0.05) is 6.92 Å². The quantitative estimate of drug-likeness (QED) is 0.922. The summed E-state index contributed by atoms with van der Waals surface area (Å²) >= 11 is 0. The van der Waals surface area contributed by atoms with Gasteiger partial charge in [0, 0.05) is 11.6 Å². The lowest BCUT2D eigenvalue weighted by atomic mass is 9.87. The predicted octanol–water partition coefficient (Wildman–Crippen LogP) is 2.99. The van der Waals surface area contributed by atoms with Crippen molar-refractivity contribution in [2.45, 2.75) is 49.3 Å². The largest absolute Gasteiger partial charge is 0.349 e.